The molecule has 1 saturated carbocycles. The Morgan fingerprint density at radius 2 is 2.00 bits per heavy atom. The van der Waals surface area contributed by atoms with Gasteiger partial charge in [0.2, 0.25) is 0 Å². The van der Waals surface area contributed by atoms with E-state index >= 15 is 0 Å². The van der Waals surface area contributed by atoms with Crippen molar-refractivity contribution in [2.24, 2.45) is 0 Å². The van der Waals surface area contributed by atoms with Crippen LogP contribution in [0.2, 0.25) is 0 Å². The lowest BCUT2D eigenvalue weighted by Crippen LogP contribution is -2.54. The summed E-state index contributed by atoms with van der Waals surface area (Å²) in [6.07, 6.45) is 3.84. The van der Waals surface area contributed by atoms with Crippen molar-refractivity contribution >= 4 is 0 Å². The summed E-state index contributed by atoms with van der Waals surface area (Å²) in [6, 6.07) is 1.63. The van der Waals surface area contributed by atoms with E-state index in [-0.39, 0.29) is 6.10 Å². The molecule has 1 saturated heterocycles. The maximum atomic E-state index is 9.87. The Kier molecular flexibility index (Phi) is 3.10. The molecule has 0 bridgehead atoms. The number of hydrogen-bond donors (Lipinski definition) is 2. The van der Waals surface area contributed by atoms with Gasteiger partial charge in [0.05, 0.1) is 6.10 Å². The standard InChI is InChI=1S/C11H22N2O/c1-8(2)13(9-4-3-5-9)10-6-12-7-11(10)14/h8-12,14H,3-7H2,1-2H3/t10-,11-/m1/s1. The molecule has 3 heteroatoms. The third-order valence-electron chi connectivity index (χ3n) is 3.63. The van der Waals surface area contributed by atoms with Crippen molar-refractivity contribution in [1.82, 2.24) is 10.2 Å². The fourth-order valence-electron chi connectivity index (χ4n) is 2.72. The van der Waals surface area contributed by atoms with E-state index in [1.165, 1.54) is 19.3 Å². The number of hydrogen-bond acceptors (Lipinski definition) is 3. The quantitative estimate of drug-likeness (QED) is 0.696. The molecular weight excluding hydrogens is 176 g/mol. The fraction of sp³-hybridized carbons (Fsp3) is 1.00. The van der Waals surface area contributed by atoms with Crippen LogP contribution in [0, 0.1) is 0 Å². The lowest BCUT2D eigenvalue weighted by Gasteiger charge is -2.44. The first-order valence-electron chi connectivity index (χ1n) is 5.86. The van der Waals surface area contributed by atoms with Crippen LogP contribution in [0.1, 0.15) is 33.1 Å². The van der Waals surface area contributed by atoms with Gasteiger partial charge in [-0.05, 0) is 26.7 Å². The molecule has 2 atom stereocenters. The van der Waals surface area contributed by atoms with Gasteiger partial charge in [0, 0.05) is 31.2 Å². The number of nitrogens with zero attached hydrogens (tertiary/aromatic N) is 1. The van der Waals surface area contributed by atoms with E-state index in [9.17, 15) is 5.11 Å². The van der Waals surface area contributed by atoms with Crippen LogP contribution in [0.15, 0.2) is 0 Å². The Hall–Kier alpha value is -0.120. The summed E-state index contributed by atoms with van der Waals surface area (Å²) < 4.78 is 0. The van der Waals surface area contributed by atoms with Crippen molar-refractivity contribution in [2.75, 3.05) is 13.1 Å². The Balaban J connectivity index is 2.01. The first kappa shape index (κ1) is 10.4. The van der Waals surface area contributed by atoms with Crippen LogP contribution in [-0.4, -0.2) is 47.3 Å². The third-order valence-corrected chi connectivity index (χ3v) is 3.63. The van der Waals surface area contributed by atoms with E-state index in [0.717, 1.165) is 19.1 Å². The predicted octanol–water partition coefficient (Wildman–Crippen LogP) is 0.582. The van der Waals surface area contributed by atoms with Gasteiger partial charge in [-0.15, -0.1) is 0 Å². The van der Waals surface area contributed by atoms with Crippen LogP contribution in [0.3, 0.4) is 0 Å². The second kappa shape index (κ2) is 4.17. The first-order valence-corrected chi connectivity index (χ1v) is 5.86. The lowest BCUT2D eigenvalue weighted by molar-refractivity contribution is 0.00467. The molecule has 2 N–H and O–H groups in total. The summed E-state index contributed by atoms with van der Waals surface area (Å²) in [5.74, 6) is 0. The number of aliphatic hydroxyl groups is 1. The smallest absolute Gasteiger partial charge is 0.0832 e. The van der Waals surface area contributed by atoms with Crippen LogP contribution in [0.5, 0.6) is 0 Å². The summed E-state index contributed by atoms with van der Waals surface area (Å²) in [5, 5.41) is 13.1. The number of rotatable bonds is 3. The van der Waals surface area contributed by atoms with Gasteiger partial charge < -0.3 is 10.4 Å². The van der Waals surface area contributed by atoms with Gasteiger partial charge in [-0.2, -0.15) is 0 Å². The van der Waals surface area contributed by atoms with Crippen LogP contribution in [0.4, 0.5) is 0 Å². The van der Waals surface area contributed by atoms with Gasteiger partial charge in [0.15, 0.2) is 0 Å². The van der Waals surface area contributed by atoms with E-state index in [4.69, 9.17) is 0 Å². The zero-order valence-corrected chi connectivity index (χ0v) is 9.24. The maximum absolute atomic E-state index is 9.87. The van der Waals surface area contributed by atoms with Gasteiger partial charge in [0.25, 0.3) is 0 Å². The average molecular weight is 198 g/mol. The molecule has 1 heterocycles. The molecule has 1 aliphatic carbocycles. The normalized spacial score (nSPS) is 34.1. The highest BCUT2D eigenvalue weighted by Gasteiger charge is 2.37. The van der Waals surface area contributed by atoms with E-state index in [1.807, 2.05) is 0 Å². The van der Waals surface area contributed by atoms with Crippen molar-refractivity contribution in [3.8, 4) is 0 Å². The molecule has 0 aromatic heterocycles. The number of nitrogens with one attached hydrogen (secondary N) is 1. The third kappa shape index (κ3) is 1.81. The van der Waals surface area contributed by atoms with Crippen molar-refractivity contribution in [3.05, 3.63) is 0 Å². The minimum Gasteiger partial charge on any atom is -0.390 e. The molecule has 2 rings (SSSR count). The van der Waals surface area contributed by atoms with Crippen molar-refractivity contribution in [3.63, 3.8) is 0 Å². The minimum atomic E-state index is -0.169. The van der Waals surface area contributed by atoms with Gasteiger partial charge in [-0.1, -0.05) is 6.42 Å². The summed E-state index contributed by atoms with van der Waals surface area (Å²) in [4.78, 5) is 2.52. The highest BCUT2D eigenvalue weighted by Crippen LogP contribution is 2.29. The van der Waals surface area contributed by atoms with Crippen molar-refractivity contribution in [2.45, 2.75) is 57.3 Å². The van der Waals surface area contributed by atoms with E-state index in [0.29, 0.717) is 12.1 Å². The minimum absolute atomic E-state index is 0.169. The van der Waals surface area contributed by atoms with E-state index in [2.05, 4.69) is 24.1 Å². The van der Waals surface area contributed by atoms with Crippen molar-refractivity contribution < 1.29 is 5.11 Å². The molecule has 0 amide bonds. The van der Waals surface area contributed by atoms with Crippen molar-refractivity contribution in [1.29, 1.82) is 0 Å². The largest absolute Gasteiger partial charge is 0.390 e. The molecule has 14 heavy (non-hydrogen) atoms. The summed E-state index contributed by atoms with van der Waals surface area (Å²) >= 11 is 0. The average Bonchev–Trinajstić information content (AvgIpc) is 2.42. The number of aliphatic hydroxyl groups excluding tert-OH is 1. The predicted molar refractivity (Wildman–Crippen MR) is 57.3 cm³/mol. The molecule has 1 aliphatic heterocycles. The summed E-state index contributed by atoms with van der Waals surface area (Å²) in [5.41, 5.74) is 0. The molecule has 0 aromatic carbocycles. The van der Waals surface area contributed by atoms with Crippen LogP contribution in [-0.2, 0) is 0 Å². The van der Waals surface area contributed by atoms with Crippen LogP contribution >= 0.6 is 0 Å². The molecule has 3 nitrogen and oxygen atoms in total. The summed E-state index contributed by atoms with van der Waals surface area (Å²) in [7, 11) is 0. The van der Waals surface area contributed by atoms with Crippen LogP contribution < -0.4 is 5.32 Å². The SMILES string of the molecule is CC(C)N(C1CCC1)[C@@H]1CNC[C@H]1O. The van der Waals surface area contributed by atoms with Crippen LogP contribution in [0.25, 0.3) is 0 Å². The van der Waals surface area contributed by atoms with E-state index in [1.54, 1.807) is 0 Å². The molecule has 0 unspecified atom stereocenters. The highest BCUT2D eigenvalue weighted by atomic mass is 16.3. The Morgan fingerprint density at radius 1 is 1.29 bits per heavy atom. The second-order valence-corrected chi connectivity index (χ2v) is 4.92. The summed E-state index contributed by atoms with van der Waals surface area (Å²) in [6.45, 7) is 6.20. The zero-order valence-electron chi connectivity index (χ0n) is 9.24. The second-order valence-electron chi connectivity index (χ2n) is 4.92. The molecule has 0 radical (unpaired) electrons. The molecule has 2 fully saturated rings. The monoisotopic (exact) mass is 198 g/mol. The highest BCUT2D eigenvalue weighted by molar-refractivity contribution is 4.95. The molecular formula is C11H22N2O. The molecule has 0 aromatic rings. The topological polar surface area (TPSA) is 35.5 Å². The Morgan fingerprint density at radius 3 is 2.36 bits per heavy atom. The van der Waals surface area contributed by atoms with E-state index < -0.39 is 0 Å². The first-order chi connectivity index (χ1) is 6.70. The van der Waals surface area contributed by atoms with Gasteiger partial charge in [-0.3, -0.25) is 4.90 Å². The molecule has 2 aliphatic rings. The van der Waals surface area contributed by atoms with Gasteiger partial charge in [-0.25, -0.2) is 0 Å². The number of β-amino-alcohol motifs (C(OH)–C–C–N with tert-alkyl or cyclic N) is 1. The zero-order chi connectivity index (χ0) is 10.1. The molecule has 0 spiro atoms. The lowest BCUT2D eigenvalue weighted by atomic mass is 9.88. The van der Waals surface area contributed by atoms with Gasteiger partial charge in [0.1, 0.15) is 0 Å². The Bertz CT molecular complexity index is 192. The molecule has 82 valence electrons. The maximum Gasteiger partial charge on any atom is 0.0832 e. The fourth-order valence-corrected chi connectivity index (χ4v) is 2.72. The Labute approximate surface area is 86.5 Å². The van der Waals surface area contributed by atoms with Gasteiger partial charge >= 0.3 is 0 Å².